The molecule has 0 spiro atoms. The van der Waals surface area contributed by atoms with Crippen molar-refractivity contribution >= 4 is 46.6 Å². The molecule has 0 unspecified atom stereocenters. The van der Waals surface area contributed by atoms with Crippen molar-refractivity contribution in [3.8, 4) is 0 Å². The molecule has 228 valence electrons. The van der Waals surface area contributed by atoms with Gasteiger partial charge in [-0.25, -0.2) is 19.2 Å². The summed E-state index contributed by atoms with van der Waals surface area (Å²) >= 11 is 0. The van der Waals surface area contributed by atoms with Crippen molar-refractivity contribution in [2.24, 2.45) is 0 Å². The van der Waals surface area contributed by atoms with Crippen LogP contribution in [-0.4, -0.2) is 73.1 Å². The van der Waals surface area contributed by atoms with E-state index in [0.717, 1.165) is 35.7 Å². The van der Waals surface area contributed by atoms with Crippen LogP contribution in [0.15, 0.2) is 67.0 Å². The molecule has 0 saturated heterocycles. The fourth-order valence-electron chi connectivity index (χ4n) is 4.81. The van der Waals surface area contributed by atoms with E-state index in [1.807, 2.05) is 46.3 Å². The number of amides is 3. The van der Waals surface area contributed by atoms with Crippen molar-refractivity contribution in [1.29, 1.82) is 0 Å². The van der Waals surface area contributed by atoms with E-state index in [1.165, 1.54) is 11.0 Å². The van der Waals surface area contributed by atoms with E-state index in [0.29, 0.717) is 34.3 Å². The third-order valence-corrected chi connectivity index (χ3v) is 7.38. The summed E-state index contributed by atoms with van der Waals surface area (Å²) in [7, 11) is 7.75. The first-order valence-corrected chi connectivity index (χ1v) is 14.2. The van der Waals surface area contributed by atoms with Gasteiger partial charge in [-0.2, -0.15) is 4.98 Å². The summed E-state index contributed by atoms with van der Waals surface area (Å²) in [5.74, 6) is 1.35. The largest absolute Gasteiger partial charge is 0.358 e. The zero-order valence-corrected chi connectivity index (χ0v) is 25.5. The Morgan fingerprint density at radius 2 is 1.80 bits per heavy atom. The second kappa shape index (κ2) is 13.0. The number of aromatic nitrogens is 3. The lowest BCUT2D eigenvalue weighted by Crippen LogP contribution is -2.46. The van der Waals surface area contributed by atoms with Gasteiger partial charge in [0.25, 0.3) is 5.91 Å². The molecule has 0 aliphatic carbocycles. The number of nitrogens with one attached hydrogen (secondary N) is 2. The smallest absolute Gasteiger partial charge is 0.330 e. The van der Waals surface area contributed by atoms with Crippen LogP contribution >= 0.6 is 0 Å². The molecule has 3 amide bonds. The van der Waals surface area contributed by atoms with Gasteiger partial charge < -0.3 is 20.4 Å². The topological polar surface area (TPSA) is 110 Å². The summed E-state index contributed by atoms with van der Waals surface area (Å²) in [5.41, 5.74) is 4.30. The van der Waals surface area contributed by atoms with E-state index in [1.54, 1.807) is 54.7 Å². The molecule has 2 N–H and O–H groups in total. The highest BCUT2D eigenvalue weighted by Crippen LogP contribution is 2.33. The molecular formula is C32H36FN9O2. The highest BCUT2D eigenvalue weighted by Gasteiger charge is 2.31. The molecule has 4 aromatic rings. The van der Waals surface area contributed by atoms with Gasteiger partial charge >= 0.3 is 6.03 Å². The Labute approximate surface area is 256 Å². The number of likely N-dealkylation sites (N-methyl/N-ethyl adjacent to an activating group) is 2. The number of benzene rings is 2. The first kappa shape index (κ1) is 30.4. The third kappa shape index (κ3) is 6.76. The minimum Gasteiger partial charge on any atom is -0.358 e. The second-order valence-electron chi connectivity index (χ2n) is 11.0. The molecule has 44 heavy (non-hydrogen) atoms. The van der Waals surface area contributed by atoms with Gasteiger partial charge in [0.2, 0.25) is 5.95 Å². The first-order valence-electron chi connectivity index (χ1n) is 14.2. The average molecular weight is 598 g/mol. The van der Waals surface area contributed by atoms with Gasteiger partial charge in [0.1, 0.15) is 18.3 Å². The number of alkyl halides is 1. The number of pyridine rings is 1. The summed E-state index contributed by atoms with van der Waals surface area (Å²) in [6.07, 6.45) is 3.43. The number of carbonyl (C=O) groups is 2. The molecular weight excluding hydrogens is 561 g/mol. The Morgan fingerprint density at radius 3 is 2.52 bits per heavy atom. The highest BCUT2D eigenvalue weighted by atomic mass is 19.1. The van der Waals surface area contributed by atoms with Crippen molar-refractivity contribution in [3.05, 3.63) is 89.2 Å². The first-order chi connectivity index (χ1) is 21.1. The number of halogens is 1. The maximum Gasteiger partial charge on any atom is 0.330 e. The van der Waals surface area contributed by atoms with Crippen molar-refractivity contribution in [2.75, 3.05) is 66.6 Å². The number of rotatable bonds is 10. The zero-order chi connectivity index (χ0) is 31.4. The molecule has 0 bridgehead atoms. The molecule has 0 radical (unpaired) electrons. The number of aryl methyl sites for hydroxylation is 1. The van der Waals surface area contributed by atoms with Crippen LogP contribution < -0.4 is 25.3 Å². The highest BCUT2D eigenvalue weighted by molar-refractivity contribution is 6.07. The molecule has 12 heteroatoms. The van der Waals surface area contributed by atoms with Gasteiger partial charge in [0.05, 0.1) is 24.1 Å². The predicted octanol–water partition coefficient (Wildman–Crippen LogP) is 5.22. The molecule has 2 aromatic carbocycles. The lowest BCUT2D eigenvalue weighted by Gasteiger charge is -2.35. The van der Waals surface area contributed by atoms with Crippen LogP contribution in [0.2, 0.25) is 0 Å². The molecule has 0 saturated carbocycles. The van der Waals surface area contributed by atoms with E-state index in [-0.39, 0.29) is 18.5 Å². The number of hydrogen-bond donors (Lipinski definition) is 2. The Balaban J connectivity index is 1.30. The van der Waals surface area contributed by atoms with Crippen LogP contribution in [0.3, 0.4) is 0 Å². The minimum atomic E-state index is -0.650. The van der Waals surface area contributed by atoms with Crippen molar-refractivity contribution in [2.45, 2.75) is 20.1 Å². The molecule has 1 aliphatic rings. The molecule has 0 fully saturated rings. The number of fused-ring (bicyclic) bond motifs is 1. The molecule has 11 nitrogen and oxygen atoms in total. The van der Waals surface area contributed by atoms with Gasteiger partial charge in [-0.3, -0.25) is 14.6 Å². The Morgan fingerprint density at radius 1 is 1.00 bits per heavy atom. The Bertz CT molecular complexity index is 1660. The summed E-state index contributed by atoms with van der Waals surface area (Å²) in [4.78, 5) is 47.4. The molecule has 5 rings (SSSR count). The Kier molecular flexibility index (Phi) is 9.00. The standard InChI is InChI=1S/C32H36FN9O2/c1-21-9-10-25(36-30(43)23-8-6-7-22(15-23)17-33)16-27(21)42-20-24-18-35-31(38-29(24)41(5)32(42)44)37-26-11-12-28(34-19-26)40(4)14-13-39(2)3/h6-12,15-16,18-19H,13-14,17,20H2,1-5H3,(H,36,43)(H,35,37,38). The zero-order valence-electron chi connectivity index (χ0n) is 25.5. The van der Waals surface area contributed by atoms with E-state index in [9.17, 15) is 14.0 Å². The number of nitrogens with zero attached hydrogens (tertiary/aromatic N) is 7. The van der Waals surface area contributed by atoms with Crippen LogP contribution in [0.5, 0.6) is 0 Å². The monoisotopic (exact) mass is 597 g/mol. The molecule has 2 aromatic heterocycles. The van der Waals surface area contributed by atoms with Crippen LogP contribution in [0.4, 0.5) is 43.8 Å². The van der Waals surface area contributed by atoms with E-state index >= 15 is 0 Å². The molecule has 3 heterocycles. The SMILES string of the molecule is Cc1ccc(NC(=O)c2cccc(CF)c2)cc1N1Cc2cnc(Nc3ccc(N(C)CCN(C)C)nc3)nc2N(C)C1=O. The predicted molar refractivity (Wildman–Crippen MR) is 172 cm³/mol. The van der Waals surface area contributed by atoms with E-state index in [2.05, 4.69) is 35.4 Å². The van der Waals surface area contributed by atoms with Crippen LogP contribution in [0.25, 0.3) is 0 Å². The number of hydrogen-bond acceptors (Lipinski definition) is 8. The maximum absolute atomic E-state index is 13.6. The summed E-state index contributed by atoms with van der Waals surface area (Å²) in [6.45, 7) is 3.28. The summed E-state index contributed by atoms with van der Waals surface area (Å²) in [6, 6.07) is 15.4. The van der Waals surface area contributed by atoms with Crippen molar-refractivity contribution in [3.63, 3.8) is 0 Å². The van der Waals surface area contributed by atoms with Crippen molar-refractivity contribution in [1.82, 2.24) is 19.9 Å². The quantitative estimate of drug-likeness (QED) is 0.256. The lowest BCUT2D eigenvalue weighted by atomic mass is 10.1. The fraction of sp³-hybridized carbons (Fsp3) is 0.281. The minimum absolute atomic E-state index is 0.255. The number of urea groups is 1. The number of anilines is 6. The summed E-state index contributed by atoms with van der Waals surface area (Å²) in [5, 5.41) is 6.04. The normalized spacial score (nSPS) is 12.8. The fourth-order valence-corrected chi connectivity index (χ4v) is 4.81. The summed E-state index contributed by atoms with van der Waals surface area (Å²) < 4.78 is 13.1. The van der Waals surface area contributed by atoms with Gasteiger partial charge in [0, 0.05) is 50.2 Å². The maximum atomic E-state index is 13.6. The third-order valence-electron chi connectivity index (χ3n) is 7.38. The van der Waals surface area contributed by atoms with Crippen LogP contribution in [0, 0.1) is 6.92 Å². The molecule has 0 atom stereocenters. The van der Waals surface area contributed by atoms with E-state index in [4.69, 9.17) is 0 Å². The number of carbonyl (C=O) groups excluding carboxylic acids is 2. The van der Waals surface area contributed by atoms with Gasteiger partial charge in [-0.1, -0.05) is 18.2 Å². The Hall–Kier alpha value is -5.10. The van der Waals surface area contributed by atoms with Crippen LogP contribution in [0.1, 0.15) is 27.0 Å². The van der Waals surface area contributed by atoms with Gasteiger partial charge in [-0.15, -0.1) is 0 Å². The van der Waals surface area contributed by atoms with Gasteiger partial charge in [0.15, 0.2) is 0 Å². The second-order valence-corrected chi connectivity index (χ2v) is 11.0. The van der Waals surface area contributed by atoms with E-state index < -0.39 is 6.67 Å². The lowest BCUT2D eigenvalue weighted by molar-refractivity contribution is 0.102. The van der Waals surface area contributed by atoms with Crippen LogP contribution in [-0.2, 0) is 13.2 Å². The van der Waals surface area contributed by atoms with Crippen molar-refractivity contribution < 1.29 is 14.0 Å². The molecule has 1 aliphatic heterocycles. The van der Waals surface area contributed by atoms with Gasteiger partial charge in [-0.05, 0) is 68.5 Å². The average Bonchev–Trinajstić information content (AvgIpc) is 3.03.